The first-order valence-electron chi connectivity index (χ1n) is 6.26. The summed E-state index contributed by atoms with van der Waals surface area (Å²) in [5.41, 5.74) is 6.47. The molecule has 2 N–H and O–H groups in total. The number of piperidine rings is 1. The molecule has 0 unspecified atom stereocenters. The summed E-state index contributed by atoms with van der Waals surface area (Å²) in [6, 6.07) is 3.72. The lowest BCUT2D eigenvalue weighted by Crippen LogP contribution is -2.33. The van der Waals surface area contributed by atoms with Crippen molar-refractivity contribution in [2.45, 2.75) is 19.3 Å². The number of likely N-dealkylation sites (tertiary alicyclic amines) is 1. The molecular weight excluding hydrogens is 360 g/mol. The standard InChI is InChI=1S/C13H18Br2N2O/c14-11-8-10(16)9-12(15)13(11)18-7-6-17-4-2-1-3-5-17/h8-9H,1-7,16H2. The zero-order valence-corrected chi connectivity index (χ0v) is 13.5. The molecule has 2 rings (SSSR count). The van der Waals surface area contributed by atoms with Crippen molar-refractivity contribution in [3.8, 4) is 5.75 Å². The second-order valence-corrected chi connectivity index (χ2v) is 6.27. The molecule has 1 aliphatic heterocycles. The SMILES string of the molecule is Nc1cc(Br)c(OCCN2CCCCC2)c(Br)c1. The van der Waals surface area contributed by atoms with Crippen LogP contribution in [0.5, 0.6) is 5.75 Å². The Balaban J connectivity index is 1.86. The summed E-state index contributed by atoms with van der Waals surface area (Å²) in [6.07, 6.45) is 4.00. The van der Waals surface area contributed by atoms with Gasteiger partial charge in [0.1, 0.15) is 12.4 Å². The fraction of sp³-hybridized carbons (Fsp3) is 0.538. The quantitative estimate of drug-likeness (QED) is 0.813. The Kier molecular flexibility index (Phi) is 5.33. The molecule has 0 spiro atoms. The Labute approximate surface area is 125 Å². The first kappa shape index (κ1) is 14.2. The lowest BCUT2D eigenvalue weighted by Gasteiger charge is -2.26. The van der Waals surface area contributed by atoms with Crippen LogP contribution in [-0.2, 0) is 0 Å². The number of hydrogen-bond acceptors (Lipinski definition) is 3. The third-order valence-electron chi connectivity index (χ3n) is 3.12. The van der Waals surface area contributed by atoms with Crippen molar-refractivity contribution >= 4 is 37.5 Å². The van der Waals surface area contributed by atoms with Crippen molar-refractivity contribution in [1.29, 1.82) is 0 Å². The highest BCUT2D eigenvalue weighted by atomic mass is 79.9. The van der Waals surface area contributed by atoms with Crippen LogP contribution >= 0.6 is 31.9 Å². The van der Waals surface area contributed by atoms with Crippen LogP contribution in [0.2, 0.25) is 0 Å². The number of hydrogen-bond donors (Lipinski definition) is 1. The molecule has 1 aliphatic rings. The van der Waals surface area contributed by atoms with E-state index in [1.807, 2.05) is 12.1 Å². The predicted molar refractivity (Wildman–Crippen MR) is 82.0 cm³/mol. The van der Waals surface area contributed by atoms with E-state index in [1.54, 1.807) is 0 Å². The molecule has 0 bridgehead atoms. The maximum Gasteiger partial charge on any atom is 0.147 e. The van der Waals surface area contributed by atoms with E-state index in [4.69, 9.17) is 10.5 Å². The molecule has 18 heavy (non-hydrogen) atoms. The molecule has 1 aromatic rings. The Morgan fingerprint density at radius 1 is 1.11 bits per heavy atom. The van der Waals surface area contributed by atoms with E-state index >= 15 is 0 Å². The number of nitrogen functional groups attached to an aromatic ring is 1. The zero-order valence-electron chi connectivity index (χ0n) is 10.3. The van der Waals surface area contributed by atoms with E-state index in [-0.39, 0.29) is 0 Å². The third kappa shape index (κ3) is 3.87. The Hall–Kier alpha value is -0.260. The highest BCUT2D eigenvalue weighted by Crippen LogP contribution is 2.35. The first-order chi connectivity index (χ1) is 8.66. The van der Waals surface area contributed by atoms with Gasteiger partial charge < -0.3 is 10.5 Å². The van der Waals surface area contributed by atoms with Crippen LogP contribution in [-0.4, -0.2) is 31.1 Å². The summed E-state index contributed by atoms with van der Waals surface area (Å²) < 4.78 is 7.63. The summed E-state index contributed by atoms with van der Waals surface area (Å²) in [4.78, 5) is 2.46. The summed E-state index contributed by atoms with van der Waals surface area (Å²) in [5.74, 6) is 0.834. The monoisotopic (exact) mass is 376 g/mol. The van der Waals surface area contributed by atoms with Gasteiger partial charge in [0.2, 0.25) is 0 Å². The van der Waals surface area contributed by atoms with Gasteiger partial charge in [0, 0.05) is 12.2 Å². The summed E-state index contributed by atoms with van der Waals surface area (Å²) >= 11 is 6.95. The van der Waals surface area contributed by atoms with Crippen LogP contribution in [0.4, 0.5) is 5.69 Å². The van der Waals surface area contributed by atoms with E-state index in [1.165, 1.54) is 32.4 Å². The first-order valence-corrected chi connectivity index (χ1v) is 7.85. The number of nitrogens with zero attached hydrogens (tertiary/aromatic N) is 1. The Morgan fingerprint density at radius 2 is 1.72 bits per heavy atom. The van der Waals surface area contributed by atoms with Gasteiger partial charge in [0.15, 0.2) is 0 Å². The lowest BCUT2D eigenvalue weighted by atomic mass is 10.1. The fourth-order valence-electron chi connectivity index (χ4n) is 2.18. The number of anilines is 1. The zero-order chi connectivity index (χ0) is 13.0. The summed E-state index contributed by atoms with van der Waals surface area (Å²) in [5, 5.41) is 0. The molecule has 0 amide bonds. The smallest absolute Gasteiger partial charge is 0.147 e. The molecule has 0 aromatic heterocycles. The van der Waals surface area contributed by atoms with Crippen molar-refractivity contribution in [3.05, 3.63) is 21.1 Å². The summed E-state index contributed by atoms with van der Waals surface area (Å²) in [7, 11) is 0. The molecule has 0 saturated carbocycles. The number of halogens is 2. The number of nitrogens with two attached hydrogens (primary N) is 1. The lowest BCUT2D eigenvalue weighted by molar-refractivity contribution is 0.182. The van der Waals surface area contributed by atoms with Crippen molar-refractivity contribution in [1.82, 2.24) is 4.90 Å². The normalized spacial score (nSPS) is 16.8. The van der Waals surface area contributed by atoms with Crippen molar-refractivity contribution < 1.29 is 4.74 Å². The third-order valence-corrected chi connectivity index (χ3v) is 4.30. The van der Waals surface area contributed by atoms with E-state index in [0.717, 1.165) is 26.9 Å². The molecule has 1 aromatic carbocycles. The van der Waals surface area contributed by atoms with Crippen LogP contribution in [0.3, 0.4) is 0 Å². The van der Waals surface area contributed by atoms with E-state index < -0.39 is 0 Å². The molecule has 100 valence electrons. The van der Waals surface area contributed by atoms with Gasteiger partial charge in [-0.1, -0.05) is 6.42 Å². The largest absolute Gasteiger partial charge is 0.490 e. The van der Waals surface area contributed by atoms with Crippen LogP contribution < -0.4 is 10.5 Å². The van der Waals surface area contributed by atoms with E-state index in [0.29, 0.717) is 6.61 Å². The minimum atomic E-state index is 0.709. The predicted octanol–water partition coefficient (Wildman–Crippen LogP) is 3.66. The van der Waals surface area contributed by atoms with Gasteiger partial charge in [-0.25, -0.2) is 0 Å². The van der Waals surface area contributed by atoms with Crippen LogP contribution in [0.15, 0.2) is 21.1 Å². The minimum Gasteiger partial charge on any atom is -0.490 e. The fourth-order valence-corrected chi connectivity index (χ4v) is 3.63. The number of rotatable bonds is 4. The van der Waals surface area contributed by atoms with Gasteiger partial charge in [0.25, 0.3) is 0 Å². The van der Waals surface area contributed by atoms with Crippen molar-refractivity contribution in [3.63, 3.8) is 0 Å². The van der Waals surface area contributed by atoms with Crippen molar-refractivity contribution in [2.75, 3.05) is 32.0 Å². The molecular formula is C13H18Br2N2O. The molecule has 0 aliphatic carbocycles. The number of benzene rings is 1. The highest BCUT2D eigenvalue weighted by Gasteiger charge is 2.11. The van der Waals surface area contributed by atoms with E-state index in [9.17, 15) is 0 Å². The molecule has 5 heteroatoms. The molecule has 0 radical (unpaired) electrons. The Morgan fingerprint density at radius 3 is 2.33 bits per heavy atom. The maximum atomic E-state index is 5.83. The minimum absolute atomic E-state index is 0.709. The van der Waals surface area contributed by atoms with Gasteiger partial charge in [-0.3, -0.25) is 4.90 Å². The van der Waals surface area contributed by atoms with Gasteiger partial charge in [-0.05, 0) is 69.9 Å². The molecule has 1 heterocycles. The van der Waals surface area contributed by atoms with Gasteiger partial charge >= 0.3 is 0 Å². The average molecular weight is 378 g/mol. The summed E-state index contributed by atoms with van der Waals surface area (Å²) in [6.45, 7) is 4.10. The topological polar surface area (TPSA) is 38.5 Å². The maximum absolute atomic E-state index is 5.83. The van der Waals surface area contributed by atoms with Crippen LogP contribution in [0, 0.1) is 0 Å². The second-order valence-electron chi connectivity index (χ2n) is 4.56. The van der Waals surface area contributed by atoms with Gasteiger partial charge in [-0.2, -0.15) is 0 Å². The van der Waals surface area contributed by atoms with Crippen LogP contribution in [0.25, 0.3) is 0 Å². The molecule has 0 atom stereocenters. The molecule has 1 saturated heterocycles. The second kappa shape index (κ2) is 6.78. The van der Waals surface area contributed by atoms with Gasteiger partial charge in [0.05, 0.1) is 8.95 Å². The number of ether oxygens (including phenoxy) is 1. The molecule has 1 fully saturated rings. The average Bonchev–Trinajstić information content (AvgIpc) is 2.34. The van der Waals surface area contributed by atoms with E-state index in [2.05, 4.69) is 36.8 Å². The van der Waals surface area contributed by atoms with Crippen LogP contribution in [0.1, 0.15) is 19.3 Å². The molecule has 3 nitrogen and oxygen atoms in total. The van der Waals surface area contributed by atoms with Crippen molar-refractivity contribution in [2.24, 2.45) is 0 Å². The Bertz CT molecular complexity index is 383. The highest BCUT2D eigenvalue weighted by molar-refractivity contribution is 9.11. The van der Waals surface area contributed by atoms with Gasteiger partial charge in [-0.15, -0.1) is 0 Å².